The Labute approximate surface area is 91.6 Å². The van der Waals surface area contributed by atoms with Crippen molar-refractivity contribution in [3.05, 3.63) is 12.2 Å². The minimum atomic E-state index is -0.300. The molecular weight excluding hydrogens is 190 g/mol. The van der Waals surface area contributed by atoms with Gasteiger partial charge in [0, 0.05) is 24.0 Å². The predicted octanol–water partition coefficient (Wildman–Crippen LogP) is 1.48. The van der Waals surface area contributed by atoms with Gasteiger partial charge >= 0.3 is 0 Å². The Kier molecular flexibility index (Phi) is 3.91. The molecular formula is C12H21NO2. The second-order valence-corrected chi connectivity index (χ2v) is 4.88. The number of aliphatic hydroxyl groups excluding tert-OH is 1. The van der Waals surface area contributed by atoms with E-state index in [0.29, 0.717) is 0 Å². The second-order valence-electron chi connectivity index (χ2n) is 4.88. The van der Waals surface area contributed by atoms with Crippen LogP contribution in [0, 0.1) is 11.3 Å². The van der Waals surface area contributed by atoms with E-state index in [9.17, 15) is 4.79 Å². The first-order valence-corrected chi connectivity index (χ1v) is 5.59. The zero-order chi connectivity index (χ0) is 11.5. The SMILES string of the molecule is CCC(C)(C)C(=O)N[C@@H]1C=C[C@H](CO)C1. The summed E-state index contributed by atoms with van der Waals surface area (Å²) in [6.07, 6.45) is 5.61. The highest BCUT2D eigenvalue weighted by Crippen LogP contribution is 2.22. The largest absolute Gasteiger partial charge is 0.396 e. The summed E-state index contributed by atoms with van der Waals surface area (Å²) in [6.45, 7) is 6.08. The van der Waals surface area contributed by atoms with E-state index in [2.05, 4.69) is 5.32 Å². The summed E-state index contributed by atoms with van der Waals surface area (Å²) < 4.78 is 0. The molecule has 0 aromatic carbocycles. The number of aliphatic hydroxyl groups is 1. The molecule has 2 atom stereocenters. The number of nitrogens with one attached hydrogen (secondary N) is 1. The number of carbonyl (C=O) groups excluding carboxylic acids is 1. The van der Waals surface area contributed by atoms with Gasteiger partial charge in [0.2, 0.25) is 5.91 Å². The molecule has 0 aromatic heterocycles. The van der Waals surface area contributed by atoms with Crippen molar-refractivity contribution in [2.45, 2.75) is 39.7 Å². The van der Waals surface area contributed by atoms with Crippen molar-refractivity contribution in [3.8, 4) is 0 Å². The van der Waals surface area contributed by atoms with Gasteiger partial charge in [-0.05, 0) is 12.8 Å². The summed E-state index contributed by atoms with van der Waals surface area (Å²) >= 11 is 0. The molecule has 0 radical (unpaired) electrons. The van der Waals surface area contributed by atoms with Crippen LogP contribution in [-0.4, -0.2) is 23.7 Å². The fourth-order valence-electron chi connectivity index (χ4n) is 1.54. The van der Waals surface area contributed by atoms with Gasteiger partial charge in [0.1, 0.15) is 0 Å². The Balaban J connectivity index is 2.44. The average molecular weight is 211 g/mol. The van der Waals surface area contributed by atoms with Crippen LogP contribution in [0.4, 0.5) is 0 Å². The van der Waals surface area contributed by atoms with Gasteiger partial charge in [-0.3, -0.25) is 4.79 Å². The molecule has 1 amide bonds. The quantitative estimate of drug-likeness (QED) is 0.692. The van der Waals surface area contributed by atoms with Crippen molar-refractivity contribution in [1.82, 2.24) is 5.32 Å². The summed E-state index contributed by atoms with van der Waals surface area (Å²) in [7, 11) is 0. The van der Waals surface area contributed by atoms with E-state index in [0.717, 1.165) is 12.8 Å². The first-order valence-electron chi connectivity index (χ1n) is 5.59. The topological polar surface area (TPSA) is 49.3 Å². The smallest absolute Gasteiger partial charge is 0.226 e. The molecule has 1 aliphatic rings. The maximum atomic E-state index is 11.8. The lowest BCUT2D eigenvalue weighted by Crippen LogP contribution is -2.41. The third-order valence-electron chi connectivity index (χ3n) is 3.22. The van der Waals surface area contributed by atoms with E-state index in [4.69, 9.17) is 5.11 Å². The molecule has 0 bridgehead atoms. The van der Waals surface area contributed by atoms with E-state index >= 15 is 0 Å². The Bertz CT molecular complexity index is 258. The maximum absolute atomic E-state index is 11.8. The van der Waals surface area contributed by atoms with Crippen molar-refractivity contribution in [3.63, 3.8) is 0 Å². The Morgan fingerprint density at radius 3 is 2.67 bits per heavy atom. The average Bonchev–Trinajstić information content (AvgIpc) is 2.65. The Morgan fingerprint density at radius 1 is 1.53 bits per heavy atom. The highest BCUT2D eigenvalue weighted by Gasteiger charge is 2.28. The molecule has 3 heteroatoms. The predicted molar refractivity (Wildman–Crippen MR) is 60.3 cm³/mol. The van der Waals surface area contributed by atoms with Crippen LogP contribution in [0.25, 0.3) is 0 Å². The summed E-state index contributed by atoms with van der Waals surface area (Å²) in [4.78, 5) is 11.8. The number of rotatable bonds is 4. The summed E-state index contributed by atoms with van der Waals surface area (Å²) in [5.41, 5.74) is -0.300. The van der Waals surface area contributed by atoms with Gasteiger partial charge < -0.3 is 10.4 Å². The molecule has 0 unspecified atom stereocenters. The summed E-state index contributed by atoms with van der Waals surface area (Å²) in [5, 5.41) is 12.0. The number of carbonyl (C=O) groups is 1. The van der Waals surface area contributed by atoms with Crippen LogP contribution in [-0.2, 0) is 4.79 Å². The molecule has 0 aromatic rings. The molecule has 3 nitrogen and oxygen atoms in total. The van der Waals surface area contributed by atoms with Crippen molar-refractivity contribution in [2.75, 3.05) is 6.61 Å². The lowest BCUT2D eigenvalue weighted by molar-refractivity contribution is -0.130. The third kappa shape index (κ3) is 3.06. The van der Waals surface area contributed by atoms with Gasteiger partial charge in [-0.15, -0.1) is 0 Å². The van der Waals surface area contributed by atoms with E-state index in [1.807, 2.05) is 32.9 Å². The van der Waals surface area contributed by atoms with Crippen LogP contribution in [0.1, 0.15) is 33.6 Å². The number of hydrogen-bond acceptors (Lipinski definition) is 2. The zero-order valence-electron chi connectivity index (χ0n) is 9.79. The van der Waals surface area contributed by atoms with Gasteiger partial charge in [-0.2, -0.15) is 0 Å². The van der Waals surface area contributed by atoms with E-state index < -0.39 is 0 Å². The Morgan fingerprint density at radius 2 is 2.20 bits per heavy atom. The van der Waals surface area contributed by atoms with Gasteiger partial charge in [0.25, 0.3) is 0 Å². The van der Waals surface area contributed by atoms with Crippen LogP contribution in [0.3, 0.4) is 0 Å². The molecule has 2 N–H and O–H groups in total. The molecule has 1 rings (SSSR count). The normalized spacial score (nSPS) is 25.6. The second kappa shape index (κ2) is 4.79. The molecule has 0 aliphatic heterocycles. The minimum Gasteiger partial charge on any atom is -0.396 e. The highest BCUT2D eigenvalue weighted by molar-refractivity contribution is 5.82. The van der Waals surface area contributed by atoms with Gasteiger partial charge in [-0.25, -0.2) is 0 Å². The lowest BCUT2D eigenvalue weighted by atomic mass is 9.89. The Hall–Kier alpha value is -0.830. The molecule has 0 spiro atoms. The molecule has 0 saturated carbocycles. The van der Waals surface area contributed by atoms with Crippen LogP contribution in [0.2, 0.25) is 0 Å². The van der Waals surface area contributed by atoms with E-state index in [1.54, 1.807) is 0 Å². The molecule has 1 aliphatic carbocycles. The van der Waals surface area contributed by atoms with E-state index in [-0.39, 0.29) is 29.9 Å². The first-order chi connectivity index (χ1) is 6.99. The molecule has 0 saturated heterocycles. The molecule has 0 fully saturated rings. The highest BCUT2D eigenvalue weighted by atomic mass is 16.3. The van der Waals surface area contributed by atoms with Crippen molar-refractivity contribution >= 4 is 5.91 Å². The van der Waals surface area contributed by atoms with Gasteiger partial charge in [0.15, 0.2) is 0 Å². The zero-order valence-corrected chi connectivity index (χ0v) is 9.79. The summed E-state index contributed by atoms with van der Waals surface area (Å²) in [5.74, 6) is 0.304. The monoisotopic (exact) mass is 211 g/mol. The van der Waals surface area contributed by atoms with Gasteiger partial charge in [0.05, 0.1) is 0 Å². The van der Waals surface area contributed by atoms with Gasteiger partial charge in [-0.1, -0.05) is 32.9 Å². The summed E-state index contributed by atoms with van der Waals surface area (Å²) in [6, 6.07) is 0.0977. The fraction of sp³-hybridized carbons (Fsp3) is 0.750. The van der Waals surface area contributed by atoms with Crippen LogP contribution >= 0.6 is 0 Å². The third-order valence-corrected chi connectivity index (χ3v) is 3.22. The van der Waals surface area contributed by atoms with Crippen molar-refractivity contribution in [2.24, 2.45) is 11.3 Å². The minimum absolute atomic E-state index is 0.0956. The first kappa shape index (κ1) is 12.2. The number of amides is 1. The van der Waals surface area contributed by atoms with Crippen LogP contribution < -0.4 is 5.32 Å². The molecule has 0 heterocycles. The van der Waals surface area contributed by atoms with Crippen LogP contribution in [0.5, 0.6) is 0 Å². The lowest BCUT2D eigenvalue weighted by Gasteiger charge is -2.24. The van der Waals surface area contributed by atoms with E-state index in [1.165, 1.54) is 0 Å². The maximum Gasteiger partial charge on any atom is 0.226 e. The van der Waals surface area contributed by atoms with Crippen LogP contribution in [0.15, 0.2) is 12.2 Å². The molecule has 86 valence electrons. The van der Waals surface area contributed by atoms with Crippen molar-refractivity contribution in [1.29, 1.82) is 0 Å². The fourth-order valence-corrected chi connectivity index (χ4v) is 1.54. The molecule has 15 heavy (non-hydrogen) atoms. The number of hydrogen-bond donors (Lipinski definition) is 2. The van der Waals surface area contributed by atoms with Crippen molar-refractivity contribution < 1.29 is 9.90 Å². The standard InChI is InChI=1S/C12H21NO2/c1-4-12(2,3)11(15)13-10-6-5-9(7-10)8-14/h5-6,9-10,14H,4,7-8H2,1-3H3,(H,13,15)/t9-,10+/m0/s1.